The number of unbranched alkanes of at least 4 members (excludes halogenated alkanes) is 3. The van der Waals surface area contributed by atoms with Gasteiger partial charge in [0.25, 0.3) is 0 Å². The number of halogens is 1. The summed E-state index contributed by atoms with van der Waals surface area (Å²) in [6, 6.07) is 9.62. The maximum atomic E-state index is 3.68. The van der Waals surface area contributed by atoms with E-state index in [0.717, 1.165) is 4.47 Å². The van der Waals surface area contributed by atoms with Crippen molar-refractivity contribution in [3.05, 3.63) is 34.3 Å². The molecule has 1 rings (SSSR count). The lowest BCUT2D eigenvalue weighted by atomic mass is 10.0. The minimum absolute atomic E-state index is 0.430. The zero-order valence-corrected chi connectivity index (χ0v) is 13.5. The van der Waals surface area contributed by atoms with Gasteiger partial charge in [-0.3, -0.25) is 0 Å². The van der Waals surface area contributed by atoms with Gasteiger partial charge in [0.1, 0.15) is 0 Å². The van der Waals surface area contributed by atoms with Gasteiger partial charge in [-0.15, -0.1) is 0 Å². The standard InChI is InChI=1S/C16H26BrN/c1-4-5-6-7-8-13(2)18-14(3)15-9-11-16(17)12-10-15/h9-14,18H,4-8H2,1-3H3/t13?,14-/m1/s1. The molecule has 1 unspecified atom stereocenters. The van der Waals surface area contributed by atoms with E-state index in [1.54, 1.807) is 0 Å². The molecule has 0 bridgehead atoms. The van der Waals surface area contributed by atoms with Crippen LogP contribution in [0, 0.1) is 0 Å². The third-order valence-electron chi connectivity index (χ3n) is 3.40. The highest BCUT2D eigenvalue weighted by molar-refractivity contribution is 9.10. The first-order valence-electron chi connectivity index (χ1n) is 7.15. The molecule has 0 fully saturated rings. The van der Waals surface area contributed by atoms with E-state index in [2.05, 4.69) is 66.3 Å². The van der Waals surface area contributed by atoms with Gasteiger partial charge in [0.15, 0.2) is 0 Å². The van der Waals surface area contributed by atoms with Crippen molar-refractivity contribution in [2.24, 2.45) is 0 Å². The Bertz CT molecular complexity index is 320. The smallest absolute Gasteiger partial charge is 0.0294 e. The van der Waals surface area contributed by atoms with Crippen LogP contribution in [0.5, 0.6) is 0 Å². The van der Waals surface area contributed by atoms with Crippen molar-refractivity contribution in [1.29, 1.82) is 0 Å². The monoisotopic (exact) mass is 311 g/mol. The highest BCUT2D eigenvalue weighted by Gasteiger charge is 2.08. The minimum atomic E-state index is 0.430. The molecule has 102 valence electrons. The third kappa shape index (κ3) is 6.01. The largest absolute Gasteiger partial charge is 0.308 e. The average molecular weight is 312 g/mol. The second-order valence-electron chi connectivity index (χ2n) is 5.19. The molecule has 1 N–H and O–H groups in total. The van der Waals surface area contributed by atoms with Crippen LogP contribution in [0.2, 0.25) is 0 Å². The van der Waals surface area contributed by atoms with Gasteiger partial charge < -0.3 is 5.32 Å². The van der Waals surface area contributed by atoms with E-state index in [9.17, 15) is 0 Å². The van der Waals surface area contributed by atoms with Crippen molar-refractivity contribution < 1.29 is 0 Å². The summed E-state index contributed by atoms with van der Waals surface area (Å²) in [5.41, 5.74) is 1.36. The van der Waals surface area contributed by atoms with Gasteiger partial charge in [-0.25, -0.2) is 0 Å². The van der Waals surface area contributed by atoms with E-state index in [0.29, 0.717) is 12.1 Å². The molecule has 0 spiro atoms. The van der Waals surface area contributed by atoms with Gasteiger partial charge in [-0.1, -0.05) is 60.7 Å². The number of nitrogens with one attached hydrogen (secondary N) is 1. The van der Waals surface area contributed by atoms with Crippen LogP contribution in [0.25, 0.3) is 0 Å². The topological polar surface area (TPSA) is 12.0 Å². The van der Waals surface area contributed by atoms with Gasteiger partial charge in [0, 0.05) is 16.6 Å². The van der Waals surface area contributed by atoms with Gasteiger partial charge in [0.2, 0.25) is 0 Å². The Kier molecular flexibility index (Phi) is 7.60. The number of hydrogen-bond acceptors (Lipinski definition) is 1. The van der Waals surface area contributed by atoms with Crippen molar-refractivity contribution in [3.8, 4) is 0 Å². The Balaban J connectivity index is 2.30. The molecule has 1 aromatic carbocycles. The predicted molar refractivity (Wildman–Crippen MR) is 83.9 cm³/mol. The lowest BCUT2D eigenvalue weighted by molar-refractivity contribution is 0.438. The van der Waals surface area contributed by atoms with E-state index in [-0.39, 0.29) is 0 Å². The van der Waals surface area contributed by atoms with Gasteiger partial charge in [0.05, 0.1) is 0 Å². The van der Waals surface area contributed by atoms with Crippen molar-refractivity contribution in [1.82, 2.24) is 5.32 Å². The van der Waals surface area contributed by atoms with Crippen LogP contribution in [-0.2, 0) is 0 Å². The summed E-state index contributed by atoms with van der Waals surface area (Å²) in [4.78, 5) is 0. The third-order valence-corrected chi connectivity index (χ3v) is 3.92. The first-order valence-corrected chi connectivity index (χ1v) is 7.94. The van der Waals surface area contributed by atoms with E-state index >= 15 is 0 Å². The molecule has 0 aliphatic carbocycles. The van der Waals surface area contributed by atoms with Gasteiger partial charge in [-0.05, 0) is 38.0 Å². The summed E-state index contributed by atoms with van der Waals surface area (Å²) in [5.74, 6) is 0. The van der Waals surface area contributed by atoms with Crippen molar-refractivity contribution in [2.45, 2.75) is 65.0 Å². The lowest BCUT2D eigenvalue weighted by Gasteiger charge is -2.20. The van der Waals surface area contributed by atoms with Crippen molar-refractivity contribution >= 4 is 15.9 Å². The molecular formula is C16H26BrN. The summed E-state index contributed by atoms with van der Waals surface area (Å²) < 4.78 is 1.14. The van der Waals surface area contributed by atoms with Crippen LogP contribution < -0.4 is 5.32 Å². The van der Waals surface area contributed by atoms with Crippen LogP contribution >= 0.6 is 15.9 Å². The van der Waals surface area contributed by atoms with Crippen LogP contribution in [0.3, 0.4) is 0 Å². The molecule has 0 heterocycles. The van der Waals surface area contributed by atoms with Gasteiger partial charge in [-0.2, -0.15) is 0 Å². The average Bonchev–Trinajstić information content (AvgIpc) is 2.35. The van der Waals surface area contributed by atoms with E-state index in [4.69, 9.17) is 0 Å². The first kappa shape index (κ1) is 15.7. The number of benzene rings is 1. The first-order chi connectivity index (χ1) is 8.63. The maximum Gasteiger partial charge on any atom is 0.0294 e. The highest BCUT2D eigenvalue weighted by Crippen LogP contribution is 2.17. The lowest BCUT2D eigenvalue weighted by Crippen LogP contribution is -2.28. The Labute approximate surface area is 120 Å². The number of hydrogen-bond donors (Lipinski definition) is 1. The molecule has 0 saturated heterocycles. The molecule has 1 aromatic rings. The molecule has 0 aliphatic heterocycles. The zero-order chi connectivity index (χ0) is 13.4. The van der Waals surface area contributed by atoms with Crippen molar-refractivity contribution in [2.75, 3.05) is 0 Å². The fraction of sp³-hybridized carbons (Fsp3) is 0.625. The molecule has 2 atom stereocenters. The molecular weight excluding hydrogens is 286 g/mol. The second kappa shape index (κ2) is 8.71. The molecule has 0 amide bonds. The van der Waals surface area contributed by atoms with Crippen LogP contribution in [0.4, 0.5) is 0 Å². The predicted octanol–water partition coefficient (Wildman–Crippen LogP) is 5.46. The SMILES string of the molecule is CCCCCCC(C)N[C@H](C)c1ccc(Br)cc1. The molecule has 0 aromatic heterocycles. The van der Waals surface area contributed by atoms with E-state index in [1.165, 1.54) is 37.7 Å². The molecule has 1 nitrogen and oxygen atoms in total. The van der Waals surface area contributed by atoms with Crippen molar-refractivity contribution in [3.63, 3.8) is 0 Å². The quantitative estimate of drug-likeness (QED) is 0.629. The number of rotatable bonds is 8. The normalized spacial score (nSPS) is 14.4. The molecule has 2 heteroatoms. The Morgan fingerprint density at radius 1 is 1.06 bits per heavy atom. The highest BCUT2D eigenvalue weighted by atomic mass is 79.9. The fourth-order valence-electron chi connectivity index (χ4n) is 2.24. The summed E-state index contributed by atoms with van der Waals surface area (Å²) in [7, 11) is 0. The van der Waals surface area contributed by atoms with Crippen LogP contribution in [0.1, 0.15) is 64.5 Å². The fourth-order valence-corrected chi connectivity index (χ4v) is 2.50. The Hall–Kier alpha value is -0.340. The summed E-state index contributed by atoms with van der Waals surface area (Å²) in [6.45, 7) is 6.80. The molecule has 0 radical (unpaired) electrons. The summed E-state index contributed by atoms with van der Waals surface area (Å²) in [5, 5.41) is 3.68. The Morgan fingerprint density at radius 3 is 2.33 bits per heavy atom. The molecule has 0 saturated carbocycles. The van der Waals surface area contributed by atoms with E-state index < -0.39 is 0 Å². The Morgan fingerprint density at radius 2 is 1.72 bits per heavy atom. The van der Waals surface area contributed by atoms with Crippen LogP contribution in [0.15, 0.2) is 28.7 Å². The molecule has 18 heavy (non-hydrogen) atoms. The van der Waals surface area contributed by atoms with Gasteiger partial charge >= 0.3 is 0 Å². The maximum absolute atomic E-state index is 3.68. The van der Waals surface area contributed by atoms with Crippen LogP contribution in [-0.4, -0.2) is 6.04 Å². The zero-order valence-electron chi connectivity index (χ0n) is 11.9. The van der Waals surface area contributed by atoms with E-state index in [1.807, 2.05) is 0 Å². The second-order valence-corrected chi connectivity index (χ2v) is 6.11. The summed E-state index contributed by atoms with van der Waals surface area (Å²) in [6.07, 6.45) is 6.68. The minimum Gasteiger partial charge on any atom is -0.308 e. The summed E-state index contributed by atoms with van der Waals surface area (Å²) >= 11 is 3.47. The molecule has 0 aliphatic rings.